The molecule has 0 fully saturated rings. The first-order chi connectivity index (χ1) is 22.2. The van der Waals surface area contributed by atoms with Gasteiger partial charge < -0.3 is 0 Å². The Morgan fingerprint density at radius 3 is 1.67 bits per heavy atom. The van der Waals surface area contributed by atoms with Crippen LogP contribution in [0.25, 0.3) is 16.9 Å². The molecule has 0 spiro atoms. The number of rotatable bonds is 8. The van der Waals surface area contributed by atoms with E-state index in [-0.39, 0.29) is 0 Å². The summed E-state index contributed by atoms with van der Waals surface area (Å²) in [6.07, 6.45) is 3.99. The number of hydrogen-bond acceptors (Lipinski definition) is 4. The van der Waals surface area contributed by atoms with Crippen LogP contribution < -0.4 is 9.80 Å². The van der Waals surface area contributed by atoms with Crippen LogP contribution in [0.4, 0.5) is 34.5 Å². The normalized spacial score (nSPS) is 10.9. The average Bonchev–Trinajstić information content (AvgIpc) is 3.51. The lowest BCUT2D eigenvalue weighted by atomic mass is 10.1. The lowest BCUT2D eigenvalue weighted by molar-refractivity contribution is 0.988. The van der Waals surface area contributed by atoms with E-state index < -0.39 is 0 Å². The molecular formula is C40H33N5. The molecule has 0 bridgehead atoms. The molecule has 0 N–H and O–H groups in total. The predicted molar refractivity (Wildman–Crippen MR) is 186 cm³/mol. The molecule has 0 saturated carbocycles. The Morgan fingerprint density at radius 1 is 0.511 bits per heavy atom. The molecule has 0 saturated heterocycles. The molecule has 218 valence electrons. The number of benzene rings is 5. The van der Waals surface area contributed by atoms with Crippen molar-refractivity contribution in [1.82, 2.24) is 14.5 Å². The SMILES string of the molecule is Cc1cccc(C)c1-n1cc(-c2ccccc2)nc1N(c1ccccc1)c1cccc(N(c2ccccc2)c2ccccn2)c1. The number of aryl methyl sites for hydroxylation is 2. The lowest BCUT2D eigenvalue weighted by Crippen LogP contribution is -2.17. The first-order valence-corrected chi connectivity index (χ1v) is 15.1. The van der Waals surface area contributed by atoms with Crippen LogP contribution in [0.15, 0.2) is 164 Å². The molecule has 45 heavy (non-hydrogen) atoms. The molecule has 0 unspecified atom stereocenters. The van der Waals surface area contributed by atoms with Gasteiger partial charge in [-0.2, -0.15) is 0 Å². The maximum absolute atomic E-state index is 5.35. The van der Waals surface area contributed by atoms with Crippen molar-refractivity contribution in [2.75, 3.05) is 9.80 Å². The fraction of sp³-hybridized carbons (Fsp3) is 0.0500. The summed E-state index contributed by atoms with van der Waals surface area (Å²) in [5.41, 5.74) is 9.47. The maximum atomic E-state index is 5.35. The van der Waals surface area contributed by atoms with Crippen molar-refractivity contribution in [3.8, 4) is 16.9 Å². The maximum Gasteiger partial charge on any atom is 0.220 e. The topological polar surface area (TPSA) is 37.2 Å². The van der Waals surface area contributed by atoms with E-state index in [0.717, 1.165) is 51.5 Å². The lowest BCUT2D eigenvalue weighted by Gasteiger charge is -2.28. The summed E-state index contributed by atoms with van der Waals surface area (Å²) in [6.45, 7) is 4.32. The van der Waals surface area contributed by atoms with E-state index in [2.05, 4.69) is 150 Å². The zero-order valence-electron chi connectivity index (χ0n) is 25.3. The molecule has 5 heteroatoms. The monoisotopic (exact) mass is 583 g/mol. The number of nitrogens with zero attached hydrogens (tertiary/aromatic N) is 5. The van der Waals surface area contributed by atoms with E-state index in [1.165, 1.54) is 11.1 Å². The van der Waals surface area contributed by atoms with Crippen LogP contribution in [-0.2, 0) is 0 Å². The van der Waals surface area contributed by atoms with Gasteiger partial charge >= 0.3 is 0 Å². The Kier molecular flexibility index (Phi) is 7.65. The highest BCUT2D eigenvalue weighted by atomic mass is 15.3. The van der Waals surface area contributed by atoms with Crippen LogP contribution in [0.3, 0.4) is 0 Å². The van der Waals surface area contributed by atoms with Crippen molar-refractivity contribution >= 4 is 34.5 Å². The van der Waals surface area contributed by atoms with Crippen molar-refractivity contribution in [3.63, 3.8) is 0 Å². The summed E-state index contributed by atoms with van der Waals surface area (Å²) in [6, 6.07) is 52.2. The molecule has 0 atom stereocenters. The van der Waals surface area contributed by atoms with Gasteiger partial charge in [0.2, 0.25) is 5.95 Å². The highest BCUT2D eigenvalue weighted by molar-refractivity contribution is 5.82. The second-order valence-electron chi connectivity index (χ2n) is 11.0. The van der Waals surface area contributed by atoms with Gasteiger partial charge in [0.25, 0.3) is 0 Å². The van der Waals surface area contributed by atoms with Crippen LogP contribution in [0.5, 0.6) is 0 Å². The Hall–Kier alpha value is -5.94. The van der Waals surface area contributed by atoms with Gasteiger partial charge in [-0.25, -0.2) is 9.97 Å². The Balaban J connectivity index is 1.46. The Morgan fingerprint density at radius 2 is 1.04 bits per heavy atom. The van der Waals surface area contributed by atoms with Gasteiger partial charge in [-0.3, -0.25) is 14.4 Å². The van der Waals surface area contributed by atoms with Crippen LogP contribution in [0, 0.1) is 13.8 Å². The second kappa shape index (κ2) is 12.3. The summed E-state index contributed by atoms with van der Waals surface area (Å²) in [5.74, 6) is 1.65. The molecule has 5 aromatic carbocycles. The van der Waals surface area contributed by atoms with Gasteiger partial charge in [0.15, 0.2) is 0 Å². The molecule has 0 amide bonds. The molecule has 0 aliphatic rings. The van der Waals surface area contributed by atoms with Crippen LogP contribution in [0.2, 0.25) is 0 Å². The number of para-hydroxylation sites is 3. The van der Waals surface area contributed by atoms with Crippen LogP contribution >= 0.6 is 0 Å². The minimum absolute atomic E-state index is 0.804. The third-order valence-electron chi connectivity index (χ3n) is 7.89. The predicted octanol–water partition coefficient (Wildman–Crippen LogP) is 10.5. The summed E-state index contributed by atoms with van der Waals surface area (Å²) in [4.78, 5) is 14.5. The third kappa shape index (κ3) is 5.59. The molecule has 7 aromatic rings. The van der Waals surface area contributed by atoms with Crippen LogP contribution in [0.1, 0.15) is 11.1 Å². The Labute approximate surface area is 264 Å². The number of pyridine rings is 1. The molecule has 0 aliphatic carbocycles. The number of anilines is 6. The molecule has 2 heterocycles. The quantitative estimate of drug-likeness (QED) is 0.178. The first kappa shape index (κ1) is 27.9. The summed E-state index contributed by atoms with van der Waals surface area (Å²) in [5, 5.41) is 0. The molecule has 2 aromatic heterocycles. The zero-order chi connectivity index (χ0) is 30.6. The standard InChI is InChI=1S/C40H33N5/c1-30-16-14-17-31(2)39(30)43-29-37(32-18-6-3-7-19-32)42-40(43)45(34-22-10-5-11-23-34)36-25-15-24-35(28-36)44(33-20-8-4-9-21-33)38-26-12-13-27-41-38/h3-29H,1-2H3. The van der Waals surface area contributed by atoms with E-state index in [9.17, 15) is 0 Å². The van der Waals surface area contributed by atoms with Crippen molar-refractivity contribution in [3.05, 3.63) is 175 Å². The van der Waals surface area contributed by atoms with Gasteiger partial charge in [0.05, 0.1) is 17.1 Å². The zero-order valence-corrected chi connectivity index (χ0v) is 25.3. The smallest absolute Gasteiger partial charge is 0.220 e. The van der Waals surface area contributed by atoms with E-state index in [0.29, 0.717) is 0 Å². The Bertz CT molecular complexity index is 1960. The number of aromatic nitrogens is 3. The highest BCUT2D eigenvalue weighted by Crippen LogP contribution is 2.41. The van der Waals surface area contributed by atoms with Gasteiger partial charge in [-0.05, 0) is 79.6 Å². The second-order valence-corrected chi connectivity index (χ2v) is 11.0. The van der Waals surface area contributed by atoms with Crippen molar-refractivity contribution in [1.29, 1.82) is 0 Å². The van der Waals surface area contributed by atoms with Gasteiger partial charge in [0.1, 0.15) is 5.82 Å². The van der Waals surface area contributed by atoms with Gasteiger partial charge in [0, 0.05) is 35.0 Å². The van der Waals surface area contributed by atoms with E-state index in [1.54, 1.807) is 0 Å². The largest absolute Gasteiger partial charge is 0.295 e. The fourth-order valence-corrected chi connectivity index (χ4v) is 5.83. The molecule has 5 nitrogen and oxygen atoms in total. The van der Waals surface area contributed by atoms with Crippen molar-refractivity contribution in [2.45, 2.75) is 13.8 Å². The average molecular weight is 584 g/mol. The third-order valence-corrected chi connectivity index (χ3v) is 7.89. The molecule has 0 radical (unpaired) electrons. The summed E-state index contributed by atoms with van der Waals surface area (Å²) < 4.78 is 2.24. The van der Waals surface area contributed by atoms with Crippen molar-refractivity contribution in [2.24, 2.45) is 0 Å². The summed E-state index contributed by atoms with van der Waals surface area (Å²) >= 11 is 0. The molecule has 7 rings (SSSR count). The molecular weight excluding hydrogens is 550 g/mol. The summed E-state index contributed by atoms with van der Waals surface area (Å²) in [7, 11) is 0. The molecule has 0 aliphatic heterocycles. The number of hydrogen-bond donors (Lipinski definition) is 0. The minimum Gasteiger partial charge on any atom is -0.295 e. The highest BCUT2D eigenvalue weighted by Gasteiger charge is 2.24. The van der Waals surface area contributed by atoms with E-state index in [1.807, 2.05) is 42.6 Å². The van der Waals surface area contributed by atoms with Crippen molar-refractivity contribution < 1.29 is 0 Å². The van der Waals surface area contributed by atoms with E-state index in [4.69, 9.17) is 9.97 Å². The van der Waals surface area contributed by atoms with Gasteiger partial charge in [-0.1, -0.05) is 97.1 Å². The van der Waals surface area contributed by atoms with E-state index >= 15 is 0 Å². The minimum atomic E-state index is 0.804. The van der Waals surface area contributed by atoms with Gasteiger partial charge in [-0.15, -0.1) is 0 Å². The first-order valence-electron chi connectivity index (χ1n) is 15.1. The number of imidazole rings is 1. The fourth-order valence-electron chi connectivity index (χ4n) is 5.83. The van der Waals surface area contributed by atoms with Crippen LogP contribution in [-0.4, -0.2) is 14.5 Å².